The zero-order chi connectivity index (χ0) is 22.0. The molecule has 4 amide bonds. The van der Waals surface area contributed by atoms with Crippen molar-refractivity contribution in [2.24, 2.45) is 0 Å². The lowest BCUT2D eigenvalue weighted by molar-refractivity contribution is -0.132. The van der Waals surface area contributed by atoms with E-state index >= 15 is 0 Å². The molecular weight excluding hydrogens is 392 g/mol. The average Bonchev–Trinajstić information content (AvgIpc) is 3.07. The Balaban J connectivity index is 1.41. The quantitative estimate of drug-likeness (QED) is 0.728. The van der Waals surface area contributed by atoms with Gasteiger partial charge in [-0.1, -0.05) is 48.5 Å². The molecule has 0 radical (unpaired) electrons. The van der Waals surface area contributed by atoms with Crippen molar-refractivity contribution >= 4 is 23.5 Å². The summed E-state index contributed by atoms with van der Waals surface area (Å²) < 4.78 is 0. The first-order valence-electron chi connectivity index (χ1n) is 10.7. The highest BCUT2D eigenvalue weighted by atomic mass is 16.2. The second kappa shape index (κ2) is 8.41. The van der Waals surface area contributed by atoms with Crippen molar-refractivity contribution in [3.05, 3.63) is 65.2 Å². The number of hydrogen-bond donors (Lipinski definition) is 2. The Bertz CT molecular complexity index is 979. The molecule has 7 heteroatoms. The Morgan fingerprint density at radius 1 is 0.935 bits per heavy atom. The molecule has 2 aliphatic heterocycles. The normalized spacial score (nSPS) is 21.1. The Morgan fingerprint density at radius 2 is 1.58 bits per heavy atom. The topological polar surface area (TPSA) is 81.8 Å². The van der Waals surface area contributed by atoms with Crippen LogP contribution in [-0.4, -0.2) is 48.9 Å². The van der Waals surface area contributed by atoms with E-state index in [4.69, 9.17) is 0 Å². The van der Waals surface area contributed by atoms with Crippen LogP contribution in [0.5, 0.6) is 0 Å². The molecule has 2 aliphatic rings. The third-order valence-corrected chi connectivity index (χ3v) is 6.31. The number of carbonyl (C=O) groups excluding carboxylic acids is 3. The van der Waals surface area contributed by atoms with Gasteiger partial charge in [0.05, 0.1) is 0 Å². The van der Waals surface area contributed by atoms with Crippen LogP contribution in [0.15, 0.2) is 48.5 Å². The molecule has 0 aromatic heterocycles. The van der Waals surface area contributed by atoms with E-state index in [9.17, 15) is 14.4 Å². The second-order valence-corrected chi connectivity index (χ2v) is 8.29. The van der Waals surface area contributed by atoms with E-state index in [-0.39, 0.29) is 18.7 Å². The van der Waals surface area contributed by atoms with Gasteiger partial charge in [0.25, 0.3) is 5.91 Å². The Labute approximate surface area is 182 Å². The number of nitrogens with one attached hydrogen (secondary N) is 2. The molecule has 1 atom stereocenters. The maximum atomic E-state index is 13.0. The fourth-order valence-corrected chi connectivity index (χ4v) is 4.67. The monoisotopic (exact) mass is 420 g/mol. The molecule has 2 fully saturated rings. The number of nitrogens with zero attached hydrogens (tertiary/aromatic N) is 2. The first kappa shape index (κ1) is 20.9. The SMILES string of the molecule is Cc1cccc(C)c1N1CCN(C(=O)CCC2(c3ccccc3)NC(=O)NC2=O)CC1. The van der Waals surface area contributed by atoms with Gasteiger partial charge < -0.3 is 15.1 Å². The van der Waals surface area contributed by atoms with Crippen molar-refractivity contribution in [3.8, 4) is 0 Å². The smallest absolute Gasteiger partial charge is 0.322 e. The van der Waals surface area contributed by atoms with Gasteiger partial charge in [0.2, 0.25) is 5.91 Å². The predicted molar refractivity (Wildman–Crippen MR) is 119 cm³/mol. The van der Waals surface area contributed by atoms with Crippen LogP contribution in [0.2, 0.25) is 0 Å². The molecule has 1 unspecified atom stereocenters. The third-order valence-electron chi connectivity index (χ3n) is 6.31. The summed E-state index contributed by atoms with van der Waals surface area (Å²) in [4.78, 5) is 41.7. The summed E-state index contributed by atoms with van der Waals surface area (Å²) >= 11 is 0. The van der Waals surface area contributed by atoms with Crippen LogP contribution in [-0.2, 0) is 15.1 Å². The maximum absolute atomic E-state index is 13.0. The van der Waals surface area contributed by atoms with Gasteiger partial charge in [-0.25, -0.2) is 4.79 Å². The summed E-state index contributed by atoms with van der Waals surface area (Å²) in [5.41, 5.74) is 3.22. The number of benzene rings is 2. The van der Waals surface area contributed by atoms with E-state index in [1.165, 1.54) is 16.8 Å². The molecule has 2 aromatic carbocycles. The number of imide groups is 1. The van der Waals surface area contributed by atoms with Crippen molar-refractivity contribution in [2.75, 3.05) is 31.1 Å². The molecule has 31 heavy (non-hydrogen) atoms. The van der Waals surface area contributed by atoms with E-state index < -0.39 is 17.5 Å². The second-order valence-electron chi connectivity index (χ2n) is 8.29. The fraction of sp³-hybridized carbons (Fsp3) is 0.375. The molecule has 2 heterocycles. The minimum atomic E-state index is -1.20. The fourth-order valence-electron chi connectivity index (χ4n) is 4.67. The molecule has 0 aliphatic carbocycles. The van der Waals surface area contributed by atoms with Crippen LogP contribution in [0, 0.1) is 13.8 Å². The van der Waals surface area contributed by atoms with Gasteiger partial charge in [-0.3, -0.25) is 14.9 Å². The first-order chi connectivity index (χ1) is 14.9. The van der Waals surface area contributed by atoms with E-state index in [1.807, 2.05) is 23.1 Å². The maximum Gasteiger partial charge on any atom is 0.322 e. The summed E-state index contributed by atoms with van der Waals surface area (Å²) in [5, 5.41) is 5.08. The molecule has 2 saturated heterocycles. The zero-order valence-corrected chi connectivity index (χ0v) is 18.0. The minimum Gasteiger partial charge on any atom is -0.368 e. The summed E-state index contributed by atoms with van der Waals surface area (Å²) in [7, 11) is 0. The van der Waals surface area contributed by atoms with Crippen LogP contribution in [0.3, 0.4) is 0 Å². The average molecular weight is 421 g/mol. The summed E-state index contributed by atoms with van der Waals surface area (Å²) in [6.07, 6.45) is 0.413. The van der Waals surface area contributed by atoms with Gasteiger partial charge in [0.1, 0.15) is 5.54 Å². The molecule has 4 rings (SSSR count). The number of amides is 4. The number of piperazine rings is 1. The van der Waals surface area contributed by atoms with E-state index in [1.54, 1.807) is 12.1 Å². The standard InChI is InChI=1S/C24H28N4O3/c1-17-7-6-8-18(2)21(17)28-15-13-27(14-16-28)20(29)11-12-24(19-9-4-3-5-10-19)22(30)25-23(31)26-24/h3-10H,11-16H2,1-2H3,(H2,25,26,30,31). The number of anilines is 1. The number of aryl methyl sites for hydroxylation is 2. The van der Waals surface area contributed by atoms with Gasteiger partial charge in [0.15, 0.2) is 0 Å². The molecule has 7 nitrogen and oxygen atoms in total. The lowest BCUT2D eigenvalue weighted by Crippen LogP contribution is -2.50. The molecule has 2 N–H and O–H groups in total. The van der Waals surface area contributed by atoms with Gasteiger partial charge in [-0.05, 0) is 37.0 Å². The zero-order valence-electron chi connectivity index (χ0n) is 18.0. The molecule has 2 aromatic rings. The molecule has 162 valence electrons. The van der Waals surface area contributed by atoms with Crippen molar-refractivity contribution in [3.63, 3.8) is 0 Å². The van der Waals surface area contributed by atoms with Gasteiger partial charge in [-0.15, -0.1) is 0 Å². The molecule has 0 spiro atoms. The highest BCUT2D eigenvalue weighted by molar-refractivity contribution is 6.07. The van der Waals surface area contributed by atoms with Crippen molar-refractivity contribution in [1.29, 1.82) is 0 Å². The van der Waals surface area contributed by atoms with Crippen molar-refractivity contribution < 1.29 is 14.4 Å². The van der Waals surface area contributed by atoms with E-state index in [2.05, 4.69) is 47.6 Å². The summed E-state index contributed by atoms with van der Waals surface area (Å²) in [5.74, 6) is -0.401. The third kappa shape index (κ3) is 4.00. The Kier molecular flexibility index (Phi) is 5.67. The number of urea groups is 1. The van der Waals surface area contributed by atoms with Crippen LogP contribution in [0.4, 0.5) is 10.5 Å². The Hall–Kier alpha value is -3.35. The molecule has 0 bridgehead atoms. The van der Waals surface area contributed by atoms with E-state index in [0.29, 0.717) is 18.7 Å². The van der Waals surface area contributed by atoms with Crippen LogP contribution in [0.1, 0.15) is 29.5 Å². The minimum absolute atomic E-state index is 0.00501. The summed E-state index contributed by atoms with van der Waals surface area (Å²) in [6.45, 7) is 7.07. The van der Waals surface area contributed by atoms with Gasteiger partial charge >= 0.3 is 6.03 Å². The highest BCUT2D eigenvalue weighted by Gasteiger charge is 2.47. The Morgan fingerprint density at radius 3 is 2.16 bits per heavy atom. The van der Waals surface area contributed by atoms with Gasteiger partial charge in [0, 0.05) is 38.3 Å². The van der Waals surface area contributed by atoms with Crippen LogP contribution >= 0.6 is 0 Å². The number of carbonyl (C=O) groups is 3. The lowest BCUT2D eigenvalue weighted by atomic mass is 9.85. The van der Waals surface area contributed by atoms with Crippen LogP contribution < -0.4 is 15.5 Å². The first-order valence-corrected chi connectivity index (χ1v) is 10.7. The molecular formula is C24H28N4O3. The molecule has 0 saturated carbocycles. The lowest BCUT2D eigenvalue weighted by Gasteiger charge is -2.38. The van der Waals surface area contributed by atoms with Crippen molar-refractivity contribution in [2.45, 2.75) is 32.2 Å². The van der Waals surface area contributed by atoms with Gasteiger partial charge in [-0.2, -0.15) is 0 Å². The van der Waals surface area contributed by atoms with E-state index in [0.717, 1.165) is 13.1 Å². The largest absolute Gasteiger partial charge is 0.368 e. The number of rotatable bonds is 5. The number of para-hydroxylation sites is 1. The van der Waals surface area contributed by atoms with Crippen molar-refractivity contribution in [1.82, 2.24) is 15.5 Å². The highest BCUT2D eigenvalue weighted by Crippen LogP contribution is 2.31. The van der Waals surface area contributed by atoms with Crippen LogP contribution in [0.25, 0.3) is 0 Å². The number of hydrogen-bond acceptors (Lipinski definition) is 4. The predicted octanol–water partition coefficient (Wildman–Crippen LogP) is 2.47. The summed E-state index contributed by atoms with van der Waals surface area (Å²) in [6, 6.07) is 14.9.